The number of aryl methyl sites for hydroxylation is 1. The predicted octanol–water partition coefficient (Wildman–Crippen LogP) is 1.71. The maximum absolute atomic E-state index is 11.9. The number of thioether (sulfide) groups is 1. The Hall–Kier alpha value is -1.08. The summed E-state index contributed by atoms with van der Waals surface area (Å²) in [4.78, 5) is 28.9. The van der Waals surface area contributed by atoms with Gasteiger partial charge in [0.05, 0.1) is 23.6 Å². The lowest BCUT2D eigenvalue weighted by molar-refractivity contribution is -0.146. The highest BCUT2D eigenvalue weighted by Gasteiger charge is 2.15. The third kappa shape index (κ3) is 5.61. The van der Waals surface area contributed by atoms with E-state index in [4.69, 9.17) is 0 Å². The topological polar surface area (TPSA) is 59.5 Å². The first kappa shape index (κ1) is 16.0. The molecule has 5 nitrogen and oxygen atoms in total. The minimum absolute atomic E-state index is 0.0161. The Kier molecular flexibility index (Phi) is 6.86. The van der Waals surface area contributed by atoms with Gasteiger partial charge in [-0.3, -0.25) is 9.59 Å². The molecule has 1 heterocycles. The largest absolute Gasteiger partial charge is 0.468 e. The van der Waals surface area contributed by atoms with Crippen molar-refractivity contribution in [1.29, 1.82) is 0 Å². The van der Waals surface area contributed by atoms with Gasteiger partial charge in [0.15, 0.2) is 0 Å². The maximum atomic E-state index is 11.9. The fourth-order valence-corrected chi connectivity index (χ4v) is 2.94. The van der Waals surface area contributed by atoms with Crippen molar-refractivity contribution >= 4 is 35.0 Å². The van der Waals surface area contributed by atoms with E-state index in [-0.39, 0.29) is 12.5 Å². The summed E-state index contributed by atoms with van der Waals surface area (Å²) in [6.45, 7) is 4.32. The van der Waals surface area contributed by atoms with Gasteiger partial charge in [0.2, 0.25) is 5.91 Å². The SMILES string of the molecule is CCN(CC(=O)OC)C(=O)CSCc1csc(C)n1. The van der Waals surface area contributed by atoms with Crippen molar-refractivity contribution in [3.8, 4) is 0 Å². The number of hydrogen-bond donors (Lipinski definition) is 0. The fraction of sp³-hybridized carbons (Fsp3) is 0.583. The molecule has 0 radical (unpaired) electrons. The van der Waals surface area contributed by atoms with Crippen LogP contribution < -0.4 is 0 Å². The van der Waals surface area contributed by atoms with Crippen LogP contribution in [-0.2, 0) is 20.1 Å². The Morgan fingerprint density at radius 3 is 2.79 bits per heavy atom. The first-order valence-corrected chi connectivity index (χ1v) is 7.93. The molecule has 106 valence electrons. The smallest absolute Gasteiger partial charge is 0.325 e. The molecule has 0 unspecified atom stereocenters. The van der Waals surface area contributed by atoms with Crippen LogP contribution >= 0.6 is 23.1 Å². The van der Waals surface area contributed by atoms with E-state index in [0.29, 0.717) is 18.1 Å². The lowest BCUT2D eigenvalue weighted by Gasteiger charge is -2.18. The number of aromatic nitrogens is 1. The number of nitrogens with zero attached hydrogens (tertiary/aromatic N) is 2. The second-order valence-electron chi connectivity index (χ2n) is 3.83. The Balaban J connectivity index is 2.34. The summed E-state index contributed by atoms with van der Waals surface area (Å²) < 4.78 is 4.56. The van der Waals surface area contributed by atoms with E-state index in [0.717, 1.165) is 10.7 Å². The fourth-order valence-electron chi connectivity index (χ4n) is 1.41. The molecule has 0 aliphatic heterocycles. The molecule has 0 bridgehead atoms. The quantitative estimate of drug-likeness (QED) is 0.718. The van der Waals surface area contributed by atoms with Crippen molar-refractivity contribution in [3.63, 3.8) is 0 Å². The maximum Gasteiger partial charge on any atom is 0.325 e. The van der Waals surface area contributed by atoms with Gasteiger partial charge in [0.25, 0.3) is 0 Å². The molecule has 0 aliphatic rings. The Bertz CT molecular complexity index is 434. The number of amides is 1. The van der Waals surface area contributed by atoms with E-state index in [9.17, 15) is 9.59 Å². The van der Waals surface area contributed by atoms with Gasteiger partial charge < -0.3 is 9.64 Å². The van der Waals surface area contributed by atoms with Crippen LogP contribution in [0.2, 0.25) is 0 Å². The third-order valence-electron chi connectivity index (χ3n) is 2.42. The zero-order valence-corrected chi connectivity index (χ0v) is 13.0. The van der Waals surface area contributed by atoms with Crippen LogP contribution in [0.1, 0.15) is 17.6 Å². The van der Waals surface area contributed by atoms with Crippen LogP contribution in [0.25, 0.3) is 0 Å². The van der Waals surface area contributed by atoms with Gasteiger partial charge in [-0.15, -0.1) is 23.1 Å². The van der Waals surface area contributed by atoms with E-state index in [1.165, 1.54) is 23.8 Å². The summed E-state index contributed by atoms with van der Waals surface area (Å²) in [5, 5.41) is 3.03. The first-order valence-electron chi connectivity index (χ1n) is 5.90. The summed E-state index contributed by atoms with van der Waals surface area (Å²) in [5.74, 6) is 0.618. The van der Waals surface area contributed by atoms with Crippen LogP contribution in [0.15, 0.2) is 5.38 Å². The molecule has 0 spiro atoms. The summed E-state index contributed by atoms with van der Waals surface area (Å²) in [6.07, 6.45) is 0. The molecule has 1 aromatic heterocycles. The molecule has 1 aromatic rings. The summed E-state index contributed by atoms with van der Waals surface area (Å²) in [7, 11) is 1.32. The molecule has 0 N–H and O–H groups in total. The van der Waals surface area contributed by atoms with Crippen LogP contribution in [0.4, 0.5) is 0 Å². The van der Waals surface area contributed by atoms with Gasteiger partial charge in [-0.1, -0.05) is 0 Å². The Morgan fingerprint density at radius 2 is 2.26 bits per heavy atom. The summed E-state index contributed by atoms with van der Waals surface area (Å²) in [5.41, 5.74) is 0.997. The van der Waals surface area contributed by atoms with Crippen molar-refractivity contribution in [3.05, 3.63) is 16.1 Å². The number of ether oxygens (including phenoxy) is 1. The van der Waals surface area contributed by atoms with Crippen molar-refractivity contribution < 1.29 is 14.3 Å². The molecule has 19 heavy (non-hydrogen) atoms. The number of carbonyl (C=O) groups excluding carboxylic acids is 2. The number of methoxy groups -OCH3 is 1. The Morgan fingerprint density at radius 1 is 1.53 bits per heavy atom. The lowest BCUT2D eigenvalue weighted by Crippen LogP contribution is -2.37. The first-order chi connectivity index (χ1) is 9.06. The molecule has 0 aromatic carbocycles. The molecule has 0 aliphatic carbocycles. The lowest BCUT2D eigenvalue weighted by atomic mass is 10.4. The van der Waals surface area contributed by atoms with E-state index in [1.54, 1.807) is 11.3 Å². The molecule has 0 fully saturated rings. The minimum Gasteiger partial charge on any atom is -0.468 e. The molecule has 7 heteroatoms. The van der Waals surface area contributed by atoms with Crippen molar-refractivity contribution in [2.75, 3.05) is 26.0 Å². The van der Waals surface area contributed by atoms with Gasteiger partial charge in [0, 0.05) is 17.7 Å². The molecule has 0 atom stereocenters. The molecule has 1 amide bonds. The second kappa shape index (κ2) is 8.16. The average Bonchev–Trinajstić information content (AvgIpc) is 2.81. The average molecular weight is 302 g/mol. The van der Waals surface area contributed by atoms with Crippen LogP contribution in [0.3, 0.4) is 0 Å². The molecule has 0 saturated carbocycles. The van der Waals surface area contributed by atoms with Gasteiger partial charge in [-0.05, 0) is 13.8 Å². The normalized spacial score (nSPS) is 10.3. The predicted molar refractivity (Wildman–Crippen MR) is 77.3 cm³/mol. The minimum atomic E-state index is -0.393. The van der Waals surface area contributed by atoms with Crippen molar-refractivity contribution in [1.82, 2.24) is 9.88 Å². The number of rotatable bonds is 7. The summed E-state index contributed by atoms with van der Waals surface area (Å²) in [6, 6.07) is 0. The van der Waals surface area contributed by atoms with Gasteiger partial charge in [-0.25, -0.2) is 4.98 Å². The number of esters is 1. The van der Waals surface area contributed by atoms with Crippen LogP contribution in [0, 0.1) is 6.92 Å². The number of likely N-dealkylation sites (N-methyl/N-ethyl adjacent to an activating group) is 1. The zero-order valence-electron chi connectivity index (χ0n) is 11.3. The highest BCUT2D eigenvalue weighted by molar-refractivity contribution is 7.99. The molecular formula is C12H18N2O3S2. The second-order valence-corrected chi connectivity index (χ2v) is 5.88. The molecule has 0 saturated heterocycles. The number of hydrogen-bond acceptors (Lipinski definition) is 6. The number of carbonyl (C=O) groups is 2. The van der Waals surface area contributed by atoms with Crippen LogP contribution in [-0.4, -0.2) is 47.7 Å². The summed E-state index contributed by atoms with van der Waals surface area (Å²) >= 11 is 3.11. The number of thiazole rings is 1. The molecule has 1 rings (SSSR count). The third-order valence-corrected chi connectivity index (χ3v) is 4.20. The van der Waals surface area contributed by atoms with Crippen LogP contribution in [0.5, 0.6) is 0 Å². The van der Waals surface area contributed by atoms with E-state index in [2.05, 4.69) is 9.72 Å². The zero-order chi connectivity index (χ0) is 14.3. The van der Waals surface area contributed by atoms with Gasteiger partial charge >= 0.3 is 5.97 Å². The van der Waals surface area contributed by atoms with Gasteiger partial charge in [0.1, 0.15) is 6.54 Å². The van der Waals surface area contributed by atoms with Gasteiger partial charge in [-0.2, -0.15) is 0 Å². The van der Waals surface area contributed by atoms with Crippen molar-refractivity contribution in [2.45, 2.75) is 19.6 Å². The van der Waals surface area contributed by atoms with E-state index < -0.39 is 5.97 Å². The monoisotopic (exact) mass is 302 g/mol. The highest BCUT2D eigenvalue weighted by Crippen LogP contribution is 2.15. The van der Waals surface area contributed by atoms with E-state index in [1.807, 2.05) is 19.2 Å². The standard InChI is InChI=1S/C12H18N2O3S2/c1-4-14(5-12(16)17-3)11(15)8-18-6-10-7-19-9(2)13-10/h7H,4-6,8H2,1-3H3. The van der Waals surface area contributed by atoms with Crippen molar-refractivity contribution in [2.24, 2.45) is 0 Å². The molecular weight excluding hydrogens is 284 g/mol. The van der Waals surface area contributed by atoms with E-state index >= 15 is 0 Å². The Labute approximate surface area is 121 Å². The highest BCUT2D eigenvalue weighted by atomic mass is 32.2.